The fourth-order valence-corrected chi connectivity index (χ4v) is 3.83. The van der Waals surface area contributed by atoms with Crippen molar-refractivity contribution >= 4 is 23.2 Å². The van der Waals surface area contributed by atoms with E-state index in [2.05, 4.69) is 56.3 Å². The summed E-state index contributed by atoms with van der Waals surface area (Å²) in [5.74, 6) is 0.605. The molecule has 2 heterocycles. The zero-order valence-electron chi connectivity index (χ0n) is 18.5. The molecule has 0 aliphatic carbocycles. The lowest BCUT2D eigenvalue weighted by Gasteiger charge is -2.36. The number of hydrogen-bond donors (Lipinski definition) is 1. The highest BCUT2D eigenvalue weighted by Gasteiger charge is 2.16. The summed E-state index contributed by atoms with van der Waals surface area (Å²) in [5.41, 5.74) is 2.91. The molecule has 1 fully saturated rings. The second kappa shape index (κ2) is 10.9. The molecule has 7 nitrogen and oxygen atoms in total. The Morgan fingerprint density at radius 1 is 1.03 bits per heavy atom. The van der Waals surface area contributed by atoms with Crippen molar-refractivity contribution < 1.29 is 4.79 Å². The summed E-state index contributed by atoms with van der Waals surface area (Å²) >= 11 is 0. The minimum absolute atomic E-state index is 0.0908. The summed E-state index contributed by atoms with van der Waals surface area (Å²) < 4.78 is 0. The van der Waals surface area contributed by atoms with Gasteiger partial charge in [-0.1, -0.05) is 6.92 Å². The summed E-state index contributed by atoms with van der Waals surface area (Å²) in [6, 6.07) is 10.2. The van der Waals surface area contributed by atoms with Gasteiger partial charge in [0.05, 0.1) is 12.1 Å². The lowest BCUT2D eigenvalue weighted by molar-refractivity contribution is -0.130. The van der Waals surface area contributed by atoms with E-state index in [9.17, 15) is 4.79 Å². The smallest absolute Gasteiger partial charge is 0.228 e. The molecule has 1 amide bonds. The van der Waals surface area contributed by atoms with Crippen LogP contribution in [-0.2, 0) is 11.2 Å². The van der Waals surface area contributed by atoms with Crippen molar-refractivity contribution in [3.63, 3.8) is 0 Å². The van der Waals surface area contributed by atoms with Crippen molar-refractivity contribution in [3.05, 3.63) is 42.2 Å². The van der Waals surface area contributed by atoms with Gasteiger partial charge in [0, 0.05) is 56.8 Å². The summed E-state index contributed by atoms with van der Waals surface area (Å²) in [5, 5.41) is 3.25. The number of benzene rings is 1. The van der Waals surface area contributed by atoms with Crippen molar-refractivity contribution in [2.75, 3.05) is 56.0 Å². The van der Waals surface area contributed by atoms with Gasteiger partial charge in [-0.25, -0.2) is 9.97 Å². The van der Waals surface area contributed by atoms with Gasteiger partial charge in [-0.3, -0.25) is 9.69 Å². The molecule has 1 aromatic carbocycles. The van der Waals surface area contributed by atoms with Gasteiger partial charge in [0.1, 0.15) is 0 Å². The second-order valence-electron chi connectivity index (χ2n) is 7.61. The number of aromatic nitrogens is 2. The highest BCUT2D eigenvalue weighted by molar-refractivity contribution is 5.78. The molecule has 0 spiro atoms. The first kappa shape index (κ1) is 22.0. The highest BCUT2D eigenvalue weighted by Crippen LogP contribution is 2.21. The SMILES string of the molecule is CCCN1CCN(c2ccc(Nc3nccc(CC(=O)N(CC)CC)n3)cc2)CC1. The molecule has 2 aromatic rings. The number of carbonyl (C=O) groups excluding carboxylic acids is 1. The Hall–Kier alpha value is -2.67. The third-order valence-corrected chi connectivity index (χ3v) is 5.56. The number of anilines is 3. The van der Waals surface area contributed by atoms with E-state index in [1.807, 2.05) is 18.7 Å². The predicted octanol–water partition coefficient (Wildman–Crippen LogP) is 3.16. The van der Waals surface area contributed by atoms with Gasteiger partial charge >= 0.3 is 0 Å². The average Bonchev–Trinajstić information content (AvgIpc) is 2.76. The molecule has 0 bridgehead atoms. The van der Waals surface area contributed by atoms with Gasteiger partial charge in [-0.15, -0.1) is 0 Å². The van der Waals surface area contributed by atoms with E-state index in [1.54, 1.807) is 12.3 Å². The quantitative estimate of drug-likeness (QED) is 0.685. The Labute approximate surface area is 180 Å². The zero-order valence-corrected chi connectivity index (χ0v) is 18.5. The number of likely N-dealkylation sites (N-methyl/N-ethyl adjacent to an activating group) is 1. The molecule has 1 aliphatic rings. The number of nitrogens with one attached hydrogen (secondary N) is 1. The molecule has 1 aromatic heterocycles. The Kier molecular flexibility index (Phi) is 8.02. The average molecular weight is 411 g/mol. The van der Waals surface area contributed by atoms with Crippen LogP contribution in [0.5, 0.6) is 0 Å². The van der Waals surface area contributed by atoms with Crippen LogP contribution in [0, 0.1) is 0 Å². The van der Waals surface area contributed by atoms with E-state index in [-0.39, 0.29) is 5.91 Å². The van der Waals surface area contributed by atoms with Crippen molar-refractivity contribution in [2.24, 2.45) is 0 Å². The fraction of sp³-hybridized carbons (Fsp3) is 0.522. The van der Waals surface area contributed by atoms with Crippen LogP contribution in [0.15, 0.2) is 36.5 Å². The van der Waals surface area contributed by atoms with Crippen LogP contribution in [0.2, 0.25) is 0 Å². The van der Waals surface area contributed by atoms with Gasteiger partial charge in [0.15, 0.2) is 0 Å². The van der Waals surface area contributed by atoms with Crippen LogP contribution >= 0.6 is 0 Å². The molecule has 0 saturated carbocycles. The molecule has 1 aliphatic heterocycles. The maximum Gasteiger partial charge on any atom is 0.228 e. The number of carbonyl (C=O) groups is 1. The third-order valence-electron chi connectivity index (χ3n) is 5.56. The van der Waals surface area contributed by atoms with Gasteiger partial charge in [0.25, 0.3) is 0 Å². The lowest BCUT2D eigenvalue weighted by atomic mass is 10.2. The van der Waals surface area contributed by atoms with Gasteiger partial charge in [-0.05, 0) is 57.1 Å². The number of hydrogen-bond acceptors (Lipinski definition) is 6. The Morgan fingerprint density at radius 2 is 1.73 bits per heavy atom. The monoisotopic (exact) mass is 410 g/mol. The molecule has 7 heteroatoms. The number of piperazine rings is 1. The summed E-state index contributed by atoms with van der Waals surface area (Å²) in [4.78, 5) is 27.9. The maximum absolute atomic E-state index is 12.3. The number of rotatable bonds is 9. The van der Waals surface area contributed by atoms with Crippen molar-refractivity contribution in [1.82, 2.24) is 19.8 Å². The van der Waals surface area contributed by atoms with Crippen molar-refractivity contribution in [1.29, 1.82) is 0 Å². The van der Waals surface area contributed by atoms with E-state index >= 15 is 0 Å². The standard InChI is InChI=1S/C23H34N6O/c1-4-13-27-14-16-29(17-15-27)21-9-7-19(8-10-21)25-23-24-12-11-20(26-23)18-22(30)28(5-2)6-3/h7-12H,4-6,13-18H2,1-3H3,(H,24,25,26). The largest absolute Gasteiger partial charge is 0.369 e. The molecule has 0 atom stereocenters. The van der Waals surface area contributed by atoms with Crippen LogP contribution in [0.1, 0.15) is 32.9 Å². The number of amides is 1. The lowest BCUT2D eigenvalue weighted by Crippen LogP contribution is -2.46. The third kappa shape index (κ3) is 5.92. The van der Waals surface area contributed by atoms with Crippen LogP contribution in [-0.4, -0.2) is 71.5 Å². The highest BCUT2D eigenvalue weighted by atomic mass is 16.2. The van der Waals surface area contributed by atoms with Crippen LogP contribution < -0.4 is 10.2 Å². The topological polar surface area (TPSA) is 64.6 Å². The molecule has 1 saturated heterocycles. The first-order valence-electron chi connectivity index (χ1n) is 11.1. The Bertz CT molecular complexity index is 798. The van der Waals surface area contributed by atoms with E-state index in [0.29, 0.717) is 25.5 Å². The Balaban J connectivity index is 1.57. The normalized spacial score (nSPS) is 14.6. The first-order chi connectivity index (χ1) is 14.6. The van der Waals surface area contributed by atoms with Crippen molar-refractivity contribution in [2.45, 2.75) is 33.6 Å². The number of nitrogens with zero attached hydrogens (tertiary/aromatic N) is 5. The van der Waals surface area contributed by atoms with Crippen molar-refractivity contribution in [3.8, 4) is 0 Å². The minimum atomic E-state index is 0.0908. The molecule has 0 radical (unpaired) electrons. The van der Waals surface area contributed by atoms with Crippen LogP contribution in [0.25, 0.3) is 0 Å². The van der Waals surface area contributed by atoms with Gasteiger partial charge < -0.3 is 15.1 Å². The molecule has 1 N–H and O–H groups in total. The van der Waals surface area contributed by atoms with E-state index in [0.717, 1.165) is 37.6 Å². The van der Waals surface area contributed by atoms with E-state index in [1.165, 1.54) is 18.7 Å². The molecular formula is C23H34N6O. The summed E-state index contributed by atoms with van der Waals surface area (Å²) in [7, 11) is 0. The molecule has 3 rings (SSSR count). The first-order valence-corrected chi connectivity index (χ1v) is 11.1. The van der Waals surface area contributed by atoms with E-state index < -0.39 is 0 Å². The fourth-order valence-electron chi connectivity index (χ4n) is 3.83. The molecule has 0 unspecified atom stereocenters. The zero-order chi connectivity index (χ0) is 21.3. The molecular weight excluding hydrogens is 376 g/mol. The van der Waals surface area contributed by atoms with Crippen LogP contribution in [0.4, 0.5) is 17.3 Å². The predicted molar refractivity (Wildman–Crippen MR) is 122 cm³/mol. The summed E-state index contributed by atoms with van der Waals surface area (Å²) in [6.07, 6.45) is 3.21. The Morgan fingerprint density at radius 3 is 2.37 bits per heavy atom. The van der Waals surface area contributed by atoms with Gasteiger partial charge in [0.2, 0.25) is 11.9 Å². The van der Waals surface area contributed by atoms with Gasteiger partial charge in [-0.2, -0.15) is 0 Å². The molecule has 162 valence electrons. The molecule has 30 heavy (non-hydrogen) atoms. The minimum Gasteiger partial charge on any atom is -0.369 e. The summed E-state index contributed by atoms with van der Waals surface area (Å²) in [6.45, 7) is 13.2. The van der Waals surface area contributed by atoms with E-state index in [4.69, 9.17) is 0 Å². The van der Waals surface area contributed by atoms with Crippen LogP contribution in [0.3, 0.4) is 0 Å². The maximum atomic E-state index is 12.3. The second-order valence-corrected chi connectivity index (χ2v) is 7.61.